The summed E-state index contributed by atoms with van der Waals surface area (Å²) in [7, 11) is 0. The summed E-state index contributed by atoms with van der Waals surface area (Å²) < 4.78 is 0. The Hall–Kier alpha value is -0.120. The lowest BCUT2D eigenvalue weighted by atomic mass is 10.2. The third-order valence-electron chi connectivity index (χ3n) is 0.671. The summed E-state index contributed by atoms with van der Waals surface area (Å²) in [5, 5.41) is 24.5. The molecule has 0 fully saturated rings. The van der Waals surface area contributed by atoms with E-state index in [1.165, 1.54) is 0 Å². The maximum Gasteiger partial charge on any atom is 0.0539 e. The molecule has 43 valence electrons. The van der Waals surface area contributed by atoms with Gasteiger partial charge >= 0.3 is 0 Å². The Bertz CT molecular complexity index is 28.4. The number of hydrogen-bond acceptors (Lipinski definition) is 3. The van der Waals surface area contributed by atoms with Crippen molar-refractivity contribution < 1.29 is 15.3 Å². The topological polar surface area (TPSA) is 60.7 Å². The second kappa shape index (κ2) is 4.05. The molecule has 0 heterocycles. The second-order valence-electron chi connectivity index (χ2n) is 1.22. The zero-order valence-electron chi connectivity index (χ0n) is 3.96. The Kier molecular flexibility index (Phi) is 3.98. The van der Waals surface area contributed by atoms with Crippen molar-refractivity contribution in [2.24, 2.45) is 0 Å². The van der Waals surface area contributed by atoms with Crippen molar-refractivity contribution in [2.75, 3.05) is 19.8 Å². The number of aliphatic hydroxyl groups is 3. The molecule has 0 amide bonds. The molecule has 0 aromatic heterocycles. The molecule has 0 aromatic carbocycles. The highest BCUT2D eigenvalue weighted by Crippen LogP contribution is 1.90. The second-order valence-corrected chi connectivity index (χ2v) is 1.22. The summed E-state index contributed by atoms with van der Waals surface area (Å²) in [6, 6.07) is 0. The van der Waals surface area contributed by atoms with Gasteiger partial charge in [-0.3, -0.25) is 0 Å². The van der Waals surface area contributed by atoms with Crippen molar-refractivity contribution in [2.45, 2.75) is 0 Å². The third-order valence-corrected chi connectivity index (χ3v) is 0.671. The molecule has 3 N–H and O–H groups in total. The zero-order chi connectivity index (χ0) is 5.70. The predicted molar refractivity (Wildman–Crippen MR) is 24.5 cm³/mol. The molecular weight excluding hydrogens is 96.0 g/mol. The molecule has 0 aliphatic carbocycles. The minimum Gasteiger partial charge on any atom is -0.396 e. The standard InChI is InChI=1S/C4H9O3/c5-1-4(2-6)3-7/h5-7H,1-3H2. The zero-order valence-corrected chi connectivity index (χ0v) is 3.96. The summed E-state index contributed by atoms with van der Waals surface area (Å²) in [5.74, 6) is 0.347. The SMILES string of the molecule is OC[C](CO)CO. The number of aliphatic hydroxyl groups excluding tert-OH is 3. The van der Waals surface area contributed by atoms with E-state index in [2.05, 4.69) is 0 Å². The molecule has 0 bridgehead atoms. The molecule has 1 radical (unpaired) electrons. The summed E-state index contributed by atoms with van der Waals surface area (Å²) in [6.45, 7) is -0.688. The first-order valence-corrected chi connectivity index (χ1v) is 2.01. The third kappa shape index (κ3) is 2.56. The van der Waals surface area contributed by atoms with E-state index in [1.807, 2.05) is 0 Å². The minimum atomic E-state index is -0.229. The molecule has 0 atom stereocenters. The number of hydrogen-bond donors (Lipinski definition) is 3. The Morgan fingerprint density at radius 3 is 1.14 bits per heavy atom. The van der Waals surface area contributed by atoms with Crippen LogP contribution in [-0.4, -0.2) is 35.1 Å². The van der Waals surface area contributed by atoms with E-state index in [9.17, 15) is 0 Å². The van der Waals surface area contributed by atoms with Crippen molar-refractivity contribution >= 4 is 0 Å². The van der Waals surface area contributed by atoms with Crippen LogP contribution in [0.2, 0.25) is 0 Å². The Morgan fingerprint density at radius 2 is 1.14 bits per heavy atom. The molecule has 0 aliphatic heterocycles. The lowest BCUT2D eigenvalue weighted by molar-refractivity contribution is 0.192. The maximum absolute atomic E-state index is 8.17. The van der Waals surface area contributed by atoms with Gasteiger partial charge in [0.25, 0.3) is 0 Å². The van der Waals surface area contributed by atoms with E-state index in [-0.39, 0.29) is 19.8 Å². The molecule has 3 nitrogen and oxygen atoms in total. The predicted octanol–water partition coefficient (Wildman–Crippen LogP) is -1.46. The Morgan fingerprint density at radius 1 is 0.857 bits per heavy atom. The van der Waals surface area contributed by atoms with Gasteiger partial charge in [-0.1, -0.05) is 0 Å². The van der Waals surface area contributed by atoms with Crippen LogP contribution in [0, 0.1) is 5.92 Å². The molecule has 0 aliphatic rings. The Labute approximate surface area is 42.2 Å². The molecule has 3 heteroatoms. The highest BCUT2D eigenvalue weighted by atomic mass is 16.3. The largest absolute Gasteiger partial charge is 0.396 e. The van der Waals surface area contributed by atoms with Crippen molar-refractivity contribution in [1.29, 1.82) is 0 Å². The van der Waals surface area contributed by atoms with Gasteiger partial charge in [-0.25, -0.2) is 0 Å². The van der Waals surface area contributed by atoms with Gasteiger partial charge in [0.2, 0.25) is 0 Å². The normalized spacial score (nSPS) is 10.3. The molecular formula is C4H9O3. The quantitative estimate of drug-likeness (QED) is 0.411. The molecule has 0 aromatic rings. The lowest BCUT2D eigenvalue weighted by Crippen LogP contribution is -2.12. The fourth-order valence-electron chi connectivity index (χ4n) is 0.150. The Balaban J connectivity index is 2.99. The van der Waals surface area contributed by atoms with Crippen LogP contribution in [0.1, 0.15) is 0 Å². The van der Waals surface area contributed by atoms with Gasteiger partial charge in [0, 0.05) is 0 Å². The number of rotatable bonds is 3. The van der Waals surface area contributed by atoms with Gasteiger partial charge in [0.1, 0.15) is 0 Å². The highest BCUT2D eigenvalue weighted by Gasteiger charge is 2.01. The van der Waals surface area contributed by atoms with Gasteiger partial charge in [-0.05, 0) is 0 Å². The van der Waals surface area contributed by atoms with Crippen LogP contribution >= 0.6 is 0 Å². The van der Waals surface area contributed by atoms with Gasteiger partial charge in [-0.15, -0.1) is 0 Å². The summed E-state index contributed by atoms with van der Waals surface area (Å²) in [4.78, 5) is 0. The van der Waals surface area contributed by atoms with Gasteiger partial charge < -0.3 is 15.3 Å². The monoisotopic (exact) mass is 105 g/mol. The summed E-state index contributed by atoms with van der Waals surface area (Å²) >= 11 is 0. The van der Waals surface area contributed by atoms with Gasteiger partial charge in [0.15, 0.2) is 0 Å². The minimum absolute atomic E-state index is 0.229. The summed E-state index contributed by atoms with van der Waals surface area (Å²) in [6.07, 6.45) is 0. The fourth-order valence-corrected chi connectivity index (χ4v) is 0.150. The van der Waals surface area contributed by atoms with Crippen LogP contribution in [0.5, 0.6) is 0 Å². The van der Waals surface area contributed by atoms with Crippen LogP contribution in [0.25, 0.3) is 0 Å². The fraction of sp³-hybridized carbons (Fsp3) is 0.750. The van der Waals surface area contributed by atoms with E-state index in [0.29, 0.717) is 5.92 Å². The van der Waals surface area contributed by atoms with Crippen molar-refractivity contribution in [3.05, 3.63) is 5.92 Å². The van der Waals surface area contributed by atoms with E-state index in [4.69, 9.17) is 15.3 Å². The van der Waals surface area contributed by atoms with Crippen molar-refractivity contribution in [3.63, 3.8) is 0 Å². The molecule has 0 spiro atoms. The van der Waals surface area contributed by atoms with E-state index in [1.54, 1.807) is 0 Å². The average Bonchev–Trinajstić information content (AvgIpc) is 1.72. The lowest BCUT2D eigenvalue weighted by Gasteiger charge is -2.01. The highest BCUT2D eigenvalue weighted by molar-refractivity contribution is 4.86. The van der Waals surface area contributed by atoms with Crippen LogP contribution in [0.15, 0.2) is 0 Å². The van der Waals surface area contributed by atoms with Crippen LogP contribution in [0.3, 0.4) is 0 Å². The summed E-state index contributed by atoms with van der Waals surface area (Å²) in [5.41, 5.74) is 0. The smallest absolute Gasteiger partial charge is 0.0539 e. The first-order chi connectivity index (χ1) is 3.35. The molecule has 0 rings (SSSR count). The van der Waals surface area contributed by atoms with Crippen molar-refractivity contribution in [3.8, 4) is 0 Å². The maximum atomic E-state index is 8.17. The average molecular weight is 105 g/mol. The van der Waals surface area contributed by atoms with Crippen LogP contribution < -0.4 is 0 Å². The van der Waals surface area contributed by atoms with Gasteiger partial charge in [-0.2, -0.15) is 0 Å². The van der Waals surface area contributed by atoms with Crippen LogP contribution in [-0.2, 0) is 0 Å². The molecule has 0 saturated carbocycles. The van der Waals surface area contributed by atoms with E-state index < -0.39 is 0 Å². The van der Waals surface area contributed by atoms with Crippen LogP contribution in [0.4, 0.5) is 0 Å². The molecule has 0 unspecified atom stereocenters. The molecule has 0 saturated heterocycles. The van der Waals surface area contributed by atoms with E-state index in [0.717, 1.165) is 0 Å². The van der Waals surface area contributed by atoms with E-state index >= 15 is 0 Å². The first kappa shape index (κ1) is 6.88. The molecule has 7 heavy (non-hydrogen) atoms. The van der Waals surface area contributed by atoms with Gasteiger partial charge in [0.05, 0.1) is 25.7 Å². The van der Waals surface area contributed by atoms with Crippen molar-refractivity contribution in [1.82, 2.24) is 0 Å². The first-order valence-electron chi connectivity index (χ1n) is 2.01.